The SMILES string of the molecule is CC1(O)CCCc2cc(B3OC(C)(C)C(C)(C)O3)cnc21. The maximum atomic E-state index is 10.4. The Balaban J connectivity index is 1.93. The third kappa shape index (κ3) is 2.41. The Morgan fingerprint density at radius 1 is 1.14 bits per heavy atom. The summed E-state index contributed by atoms with van der Waals surface area (Å²) in [5.41, 5.74) is 1.33. The van der Waals surface area contributed by atoms with E-state index >= 15 is 0 Å². The Morgan fingerprint density at radius 2 is 1.76 bits per heavy atom. The van der Waals surface area contributed by atoms with Crippen LogP contribution in [-0.4, -0.2) is 28.4 Å². The highest BCUT2D eigenvalue weighted by Gasteiger charge is 2.52. The van der Waals surface area contributed by atoms with Crippen molar-refractivity contribution in [2.45, 2.75) is 70.7 Å². The predicted molar refractivity (Wildman–Crippen MR) is 82.5 cm³/mol. The lowest BCUT2D eigenvalue weighted by Gasteiger charge is -2.32. The Labute approximate surface area is 127 Å². The minimum atomic E-state index is -0.817. The van der Waals surface area contributed by atoms with Crippen LogP contribution in [0.15, 0.2) is 12.3 Å². The van der Waals surface area contributed by atoms with Crippen molar-refractivity contribution in [1.29, 1.82) is 0 Å². The normalized spacial score (nSPS) is 30.3. The van der Waals surface area contributed by atoms with E-state index in [0.29, 0.717) is 0 Å². The third-order valence-electron chi connectivity index (χ3n) is 5.13. The summed E-state index contributed by atoms with van der Waals surface area (Å²) in [6.45, 7) is 10.0. The summed E-state index contributed by atoms with van der Waals surface area (Å²) in [6.07, 6.45) is 4.48. The second-order valence-corrected chi connectivity index (χ2v) is 7.49. The number of aliphatic hydroxyl groups is 1. The third-order valence-corrected chi connectivity index (χ3v) is 5.13. The molecule has 1 unspecified atom stereocenters. The fraction of sp³-hybridized carbons (Fsp3) is 0.688. The van der Waals surface area contributed by atoms with Crippen LogP contribution in [0.1, 0.15) is 58.7 Å². The smallest absolute Gasteiger partial charge is 0.399 e. The molecule has 2 heterocycles. The first kappa shape index (κ1) is 15.0. The molecule has 0 saturated carbocycles. The van der Waals surface area contributed by atoms with Gasteiger partial charge in [0.1, 0.15) is 5.60 Å². The molecule has 5 heteroatoms. The van der Waals surface area contributed by atoms with Crippen molar-refractivity contribution in [2.75, 3.05) is 0 Å². The molecule has 3 rings (SSSR count). The predicted octanol–water partition coefficient (Wildman–Crippen LogP) is 1.92. The van der Waals surface area contributed by atoms with Gasteiger partial charge in [-0.3, -0.25) is 4.98 Å². The van der Waals surface area contributed by atoms with Gasteiger partial charge >= 0.3 is 7.12 Å². The van der Waals surface area contributed by atoms with E-state index in [-0.39, 0.29) is 18.3 Å². The van der Waals surface area contributed by atoms with Crippen molar-refractivity contribution in [3.63, 3.8) is 0 Å². The van der Waals surface area contributed by atoms with Gasteiger partial charge in [0.25, 0.3) is 0 Å². The van der Waals surface area contributed by atoms with Gasteiger partial charge in [0.2, 0.25) is 0 Å². The fourth-order valence-corrected chi connectivity index (χ4v) is 3.05. The molecule has 1 aliphatic heterocycles. The molecule has 1 aliphatic carbocycles. The standard InChI is InChI=1S/C16H24BNO3/c1-14(2)15(3,4)21-17(20-14)12-9-11-7-6-8-16(5,19)13(11)18-10-12/h9-10,19H,6-8H2,1-5H3. The number of fused-ring (bicyclic) bond motifs is 1. The highest BCUT2D eigenvalue weighted by molar-refractivity contribution is 6.62. The van der Waals surface area contributed by atoms with Crippen molar-refractivity contribution in [1.82, 2.24) is 4.98 Å². The minimum Gasteiger partial charge on any atom is -0.399 e. The molecule has 0 amide bonds. The van der Waals surface area contributed by atoms with Gasteiger partial charge in [-0.25, -0.2) is 0 Å². The molecule has 0 spiro atoms. The van der Waals surface area contributed by atoms with Crippen LogP contribution in [0.2, 0.25) is 0 Å². The zero-order chi connectivity index (χ0) is 15.5. The van der Waals surface area contributed by atoms with E-state index in [2.05, 4.69) is 11.1 Å². The van der Waals surface area contributed by atoms with Crippen LogP contribution >= 0.6 is 0 Å². The van der Waals surface area contributed by atoms with Gasteiger partial charge < -0.3 is 14.4 Å². The molecule has 0 aromatic carbocycles. The average molecular weight is 289 g/mol. The molecular weight excluding hydrogens is 265 g/mol. The Bertz CT molecular complexity index is 553. The zero-order valence-electron chi connectivity index (χ0n) is 13.6. The van der Waals surface area contributed by atoms with Gasteiger partial charge in [-0.05, 0) is 59.4 Å². The number of pyridine rings is 1. The van der Waals surface area contributed by atoms with Crippen LogP contribution < -0.4 is 5.46 Å². The highest BCUT2D eigenvalue weighted by atomic mass is 16.7. The number of hydrogen-bond acceptors (Lipinski definition) is 4. The highest BCUT2D eigenvalue weighted by Crippen LogP contribution is 2.37. The summed E-state index contributed by atoms with van der Waals surface area (Å²) in [4.78, 5) is 4.50. The van der Waals surface area contributed by atoms with Gasteiger partial charge in [-0.2, -0.15) is 0 Å². The summed E-state index contributed by atoms with van der Waals surface area (Å²) in [6, 6.07) is 2.08. The first-order valence-electron chi connectivity index (χ1n) is 7.70. The molecule has 2 aliphatic rings. The number of hydrogen-bond donors (Lipinski definition) is 1. The topological polar surface area (TPSA) is 51.6 Å². The zero-order valence-corrected chi connectivity index (χ0v) is 13.6. The van der Waals surface area contributed by atoms with Crippen LogP contribution in [0, 0.1) is 0 Å². The van der Waals surface area contributed by atoms with E-state index in [9.17, 15) is 5.11 Å². The molecule has 1 fully saturated rings. The molecule has 114 valence electrons. The summed E-state index contributed by atoms with van der Waals surface area (Å²) in [5, 5.41) is 10.4. The van der Waals surface area contributed by atoms with Crippen molar-refractivity contribution in [2.24, 2.45) is 0 Å². The lowest BCUT2D eigenvalue weighted by molar-refractivity contribution is 0.00578. The van der Waals surface area contributed by atoms with Gasteiger partial charge in [-0.1, -0.05) is 6.07 Å². The first-order chi connectivity index (χ1) is 9.62. The average Bonchev–Trinajstić information content (AvgIpc) is 2.57. The quantitative estimate of drug-likeness (QED) is 0.803. The monoisotopic (exact) mass is 289 g/mol. The van der Waals surface area contributed by atoms with Crippen LogP contribution in [0.5, 0.6) is 0 Å². The number of rotatable bonds is 1. The van der Waals surface area contributed by atoms with E-state index < -0.39 is 5.60 Å². The molecular formula is C16H24BNO3. The lowest BCUT2D eigenvalue weighted by atomic mass is 9.76. The molecule has 1 atom stereocenters. The van der Waals surface area contributed by atoms with E-state index in [1.165, 1.54) is 0 Å². The van der Waals surface area contributed by atoms with Gasteiger partial charge in [0, 0.05) is 11.7 Å². The van der Waals surface area contributed by atoms with Crippen molar-refractivity contribution in [3.8, 4) is 0 Å². The van der Waals surface area contributed by atoms with Crippen LogP contribution in [0.25, 0.3) is 0 Å². The molecule has 1 saturated heterocycles. The van der Waals surface area contributed by atoms with Gasteiger partial charge in [-0.15, -0.1) is 0 Å². The lowest BCUT2D eigenvalue weighted by Crippen LogP contribution is -2.41. The number of aromatic nitrogens is 1. The number of nitrogens with zero attached hydrogens (tertiary/aromatic N) is 1. The molecule has 0 radical (unpaired) electrons. The molecule has 21 heavy (non-hydrogen) atoms. The molecule has 1 aromatic heterocycles. The second-order valence-electron chi connectivity index (χ2n) is 7.49. The van der Waals surface area contributed by atoms with Crippen LogP contribution in [-0.2, 0) is 21.3 Å². The molecule has 4 nitrogen and oxygen atoms in total. The maximum absolute atomic E-state index is 10.4. The molecule has 0 bridgehead atoms. The molecule has 1 N–H and O–H groups in total. The van der Waals surface area contributed by atoms with E-state index in [0.717, 1.165) is 36.0 Å². The Morgan fingerprint density at radius 3 is 2.38 bits per heavy atom. The van der Waals surface area contributed by atoms with Crippen molar-refractivity contribution in [3.05, 3.63) is 23.5 Å². The Hall–Kier alpha value is -0.905. The molecule has 1 aromatic rings. The van der Waals surface area contributed by atoms with Gasteiger partial charge in [0.05, 0.1) is 16.9 Å². The largest absolute Gasteiger partial charge is 0.496 e. The summed E-state index contributed by atoms with van der Waals surface area (Å²) < 4.78 is 12.1. The van der Waals surface area contributed by atoms with Gasteiger partial charge in [0.15, 0.2) is 0 Å². The summed E-state index contributed by atoms with van der Waals surface area (Å²) in [7, 11) is -0.389. The van der Waals surface area contributed by atoms with E-state index in [4.69, 9.17) is 9.31 Å². The van der Waals surface area contributed by atoms with Crippen molar-refractivity contribution >= 4 is 12.6 Å². The van der Waals surface area contributed by atoms with Crippen molar-refractivity contribution < 1.29 is 14.4 Å². The van der Waals surface area contributed by atoms with Crippen LogP contribution in [0.4, 0.5) is 0 Å². The van der Waals surface area contributed by atoms with Crippen LogP contribution in [0.3, 0.4) is 0 Å². The fourth-order valence-electron chi connectivity index (χ4n) is 3.05. The minimum absolute atomic E-state index is 0.348. The first-order valence-corrected chi connectivity index (χ1v) is 7.70. The maximum Gasteiger partial charge on any atom is 0.496 e. The second kappa shape index (κ2) is 4.54. The Kier molecular flexibility index (Phi) is 3.25. The summed E-state index contributed by atoms with van der Waals surface area (Å²) >= 11 is 0. The van der Waals surface area contributed by atoms with E-state index in [1.54, 1.807) is 6.20 Å². The number of aryl methyl sites for hydroxylation is 1. The van der Waals surface area contributed by atoms with E-state index in [1.807, 2.05) is 34.6 Å². The summed E-state index contributed by atoms with van der Waals surface area (Å²) in [5.74, 6) is 0.